The van der Waals surface area contributed by atoms with Crippen LogP contribution in [-0.4, -0.2) is 34.5 Å². The minimum absolute atomic E-state index is 0.00684. The van der Waals surface area contributed by atoms with Gasteiger partial charge in [-0.1, -0.05) is 128 Å². The Labute approximate surface area is 324 Å². The summed E-state index contributed by atoms with van der Waals surface area (Å²) in [5.41, 5.74) is 13.4. The smallest absolute Gasteiger partial charge is 0.224 e. The zero-order valence-electron chi connectivity index (χ0n) is 31.3. The minimum Gasteiger partial charge on any atom is -0.397 e. The van der Waals surface area contributed by atoms with Gasteiger partial charge in [-0.05, 0) is 52.8 Å². The average molecular weight is 741 g/mol. The van der Waals surface area contributed by atoms with Gasteiger partial charge < -0.3 is 30.9 Å². The molecule has 0 aliphatic carbocycles. The lowest BCUT2D eigenvalue weighted by atomic mass is 9.99. The van der Waals surface area contributed by atoms with Crippen molar-refractivity contribution in [2.45, 2.75) is 83.3 Å². The molecular weight excluding hydrogens is 689 g/mol. The van der Waals surface area contributed by atoms with Crippen molar-refractivity contribution >= 4 is 23.2 Å². The van der Waals surface area contributed by atoms with Crippen LogP contribution in [0.25, 0.3) is 0 Å². The van der Waals surface area contributed by atoms with E-state index in [-0.39, 0.29) is 30.6 Å². The Morgan fingerprint density at radius 3 is 1.87 bits per heavy atom. The van der Waals surface area contributed by atoms with Gasteiger partial charge in [0.1, 0.15) is 0 Å². The predicted molar refractivity (Wildman–Crippen MR) is 216 cm³/mol. The molecule has 286 valence electrons. The van der Waals surface area contributed by atoms with Crippen LogP contribution >= 0.6 is 0 Å². The molecule has 0 aromatic heterocycles. The van der Waals surface area contributed by atoms with E-state index in [0.29, 0.717) is 50.0 Å². The molecule has 5 aromatic carbocycles. The highest BCUT2D eigenvalue weighted by Gasteiger charge is 2.33. The summed E-state index contributed by atoms with van der Waals surface area (Å²) in [6.45, 7) is 2.71. The van der Waals surface area contributed by atoms with Crippen LogP contribution in [-0.2, 0) is 45.3 Å². The Kier molecular flexibility index (Phi) is 14.6. The lowest BCUT2D eigenvalue weighted by Crippen LogP contribution is -2.39. The molecule has 9 heteroatoms. The van der Waals surface area contributed by atoms with Gasteiger partial charge >= 0.3 is 0 Å². The third-order valence-electron chi connectivity index (χ3n) is 9.86. The highest BCUT2D eigenvalue weighted by molar-refractivity contribution is 5.93. The molecule has 1 heterocycles. The summed E-state index contributed by atoms with van der Waals surface area (Å²) in [4.78, 5) is 27.3. The predicted octanol–water partition coefficient (Wildman–Crippen LogP) is 8.21. The maximum atomic E-state index is 12.6. The van der Waals surface area contributed by atoms with Gasteiger partial charge in [-0.25, -0.2) is 0 Å². The van der Waals surface area contributed by atoms with Gasteiger partial charge in [0.15, 0.2) is 6.29 Å². The van der Waals surface area contributed by atoms with Gasteiger partial charge in [0.05, 0.1) is 30.2 Å². The summed E-state index contributed by atoms with van der Waals surface area (Å²) in [5, 5.41) is 15.5. The van der Waals surface area contributed by atoms with E-state index in [1.54, 1.807) is 12.1 Å². The molecule has 0 spiro atoms. The van der Waals surface area contributed by atoms with Crippen LogP contribution < -0.4 is 16.4 Å². The van der Waals surface area contributed by atoms with E-state index in [1.165, 1.54) is 11.1 Å². The monoisotopic (exact) mass is 740 g/mol. The maximum absolute atomic E-state index is 12.6. The van der Waals surface area contributed by atoms with Crippen molar-refractivity contribution in [1.29, 1.82) is 0 Å². The first-order valence-electron chi connectivity index (χ1n) is 19.2. The minimum atomic E-state index is -0.577. The second-order valence-corrected chi connectivity index (χ2v) is 14.2. The van der Waals surface area contributed by atoms with E-state index in [2.05, 4.69) is 64.1 Å². The van der Waals surface area contributed by atoms with Crippen molar-refractivity contribution in [3.8, 4) is 0 Å². The van der Waals surface area contributed by atoms with E-state index in [0.717, 1.165) is 48.3 Å². The number of aliphatic hydroxyl groups is 1. The van der Waals surface area contributed by atoms with E-state index in [1.807, 2.05) is 72.8 Å². The fourth-order valence-electron chi connectivity index (χ4n) is 6.84. The normalized spacial score (nSPS) is 16.8. The number of aliphatic hydroxyl groups excluding tert-OH is 1. The molecule has 0 radical (unpaired) electrons. The van der Waals surface area contributed by atoms with Crippen molar-refractivity contribution in [3.63, 3.8) is 0 Å². The van der Waals surface area contributed by atoms with Gasteiger partial charge in [-0.2, -0.15) is 0 Å². The molecule has 1 saturated heterocycles. The molecule has 3 atom stereocenters. The van der Waals surface area contributed by atoms with E-state index in [9.17, 15) is 14.7 Å². The third-order valence-corrected chi connectivity index (χ3v) is 9.86. The van der Waals surface area contributed by atoms with Crippen LogP contribution in [0.5, 0.6) is 0 Å². The van der Waals surface area contributed by atoms with Crippen LogP contribution in [0.3, 0.4) is 0 Å². The summed E-state index contributed by atoms with van der Waals surface area (Å²) in [6.07, 6.45) is 2.80. The van der Waals surface area contributed by atoms with Gasteiger partial charge in [-0.3, -0.25) is 14.5 Å². The van der Waals surface area contributed by atoms with Crippen molar-refractivity contribution in [1.82, 2.24) is 10.2 Å². The number of carbonyl (C=O) groups excluding carboxylic acids is 2. The molecule has 5 N–H and O–H groups in total. The Bertz CT molecular complexity index is 1880. The van der Waals surface area contributed by atoms with E-state index < -0.39 is 6.29 Å². The second kappa shape index (κ2) is 20.4. The maximum Gasteiger partial charge on any atom is 0.224 e. The first-order chi connectivity index (χ1) is 26.9. The van der Waals surface area contributed by atoms with E-state index in [4.69, 9.17) is 15.2 Å². The zero-order chi connectivity index (χ0) is 38.2. The van der Waals surface area contributed by atoms with Crippen LogP contribution in [0.1, 0.15) is 84.3 Å². The first-order valence-corrected chi connectivity index (χ1v) is 19.2. The highest BCUT2D eigenvalue weighted by Crippen LogP contribution is 2.38. The first kappa shape index (κ1) is 39.4. The molecule has 6 rings (SSSR count). The van der Waals surface area contributed by atoms with Crippen molar-refractivity contribution in [2.24, 2.45) is 0 Å². The van der Waals surface area contributed by atoms with Crippen LogP contribution in [0.4, 0.5) is 11.4 Å². The number of para-hydroxylation sites is 2. The molecule has 9 nitrogen and oxygen atoms in total. The number of nitrogens with two attached hydrogens (primary N) is 1. The Hall–Kier alpha value is -5.32. The highest BCUT2D eigenvalue weighted by atomic mass is 16.7. The van der Waals surface area contributed by atoms with Crippen molar-refractivity contribution in [3.05, 3.63) is 167 Å². The quantitative estimate of drug-likeness (QED) is 0.0527. The van der Waals surface area contributed by atoms with Gasteiger partial charge in [0, 0.05) is 51.0 Å². The average Bonchev–Trinajstić information content (AvgIpc) is 3.21. The molecular formula is C46H52N4O5. The van der Waals surface area contributed by atoms with E-state index >= 15 is 0 Å². The molecule has 1 fully saturated rings. The molecule has 0 unspecified atom stereocenters. The number of benzene rings is 5. The van der Waals surface area contributed by atoms with Crippen molar-refractivity contribution < 1.29 is 24.2 Å². The topological polar surface area (TPSA) is 126 Å². The summed E-state index contributed by atoms with van der Waals surface area (Å²) in [6, 6.07) is 44.2. The van der Waals surface area contributed by atoms with Crippen LogP contribution in [0.15, 0.2) is 133 Å². The second-order valence-electron chi connectivity index (χ2n) is 14.2. The molecule has 1 aliphatic heterocycles. The Morgan fingerprint density at radius 2 is 1.24 bits per heavy atom. The van der Waals surface area contributed by atoms with Crippen LogP contribution in [0, 0.1) is 0 Å². The van der Waals surface area contributed by atoms with Gasteiger partial charge in [0.2, 0.25) is 11.8 Å². The van der Waals surface area contributed by atoms with Gasteiger partial charge in [-0.15, -0.1) is 0 Å². The molecule has 2 amide bonds. The number of unbranched alkanes of at least 4 members (excludes halogenated alkanes) is 2. The number of carbonyl (C=O) groups is 2. The van der Waals surface area contributed by atoms with Gasteiger partial charge in [0.25, 0.3) is 0 Å². The number of nitrogen functional groups attached to an aromatic ring is 1. The summed E-state index contributed by atoms with van der Waals surface area (Å²) >= 11 is 0. The standard InChI is InChI=1S/C46H52N4O5/c47-41-16-10-11-17-42(41)49-45(53)19-9-3-8-18-44(52)48-29-34-20-26-39(27-21-34)46-54-40(28-43(55-46)38-24-22-37(33-51)23-25-38)32-50(30-35-12-4-1-5-13-35)31-36-14-6-2-7-15-36/h1-2,4-7,10-17,20-27,40,43,46,51H,3,8-9,18-19,28-33,47H2,(H,48,52)(H,49,53)/t40-,43+,46+/m1/s1. The molecule has 5 aromatic rings. The Morgan fingerprint density at radius 1 is 0.655 bits per heavy atom. The zero-order valence-corrected chi connectivity index (χ0v) is 31.3. The molecule has 1 aliphatic rings. The SMILES string of the molecule is Nc1ccccc1NC(=O)CCCCCC(=O)NCc1ccc([C@H]2O[C@@H](CN(Cc3ccccc3)Cc3ccccc3)C[C@@H](c3ccc(CO)cc3)O2)cc1. The number of amides is 2. The van der Waals surface area contributed by atoms with Crippen molar-refractivity contribution in [2.75, 3.05) is 17.6 Å². The number of rotatable bonds is 18. The number of anilines is 2. The number of hydrogen-bond acceptors (Lipinski definition) is 7. The lowest BCUT2D eigenvalue weighted by molar-refractivity contribution is -0.253. The number of hydrogen-bond donors (Lipinski definition) is 4. The lowest BCUT2D eigenvalue weighted by Gasteiger charge is -2.38. The number of ether oxygens (including phenoxy) is 2. The number of nitrogens with one attached hydrogen (secondary N) is 2. The largest absolute Gasteiger partial charge is 0.397 e. The molecule has 55 heavy (non-hydrogen) atoms. The summed E-state index contributed by atoms with van der Waals surface area (Å²) in [5.74, 6) is -0.0938. The number of nitrogens with zero attached hydrogens (tertiary/aromatic N) is 1. The fraction of sp³-hybridized carbons (Fsp3) is 0.304. The molecule has 0 bridgehead atoms. The summed E-state index contributed by atoms with van der Waals surface area (Å²) < 4.78 is 13.4. The molecule has 0 saturated carbocycles. The summed E-state index contributed by atoms with van der Waals surface area (Å²) in [7, 11) is 0. The van der Waals surface area contributed by atoms with Crippen LogP contribution in [0.2, 0.25) is 0 Å². The fourth-order valence-corrected chi connectivity index (χ4v) is 6.84. The third kappa shape index (κ3) is 12.3. The Balaban J connectivity index is 1.03.